The van der Waals surface area contributed by atoms with Gasteiger partial charge in [0.1, 0.15) is 0 Å². The molecular formula is C19H40N2O. The molecule has 132 valence electrons. The van der Waals surface area contributed by atoms with Gasteiger partial charge in [0.2, 0.25) is 0 Å². The average molecular weight is 313 g/mol. The molecule has 1 aliphatic carbocycles. The summed E-state index contributed by atoms with van der Waals surface area (Å²) in [4.78, 5) is 2.69. The average Bonchev–Trinajstić information content (AvgIpc) is 2.52. The number of hydrogen-bond donors (Lipinski definition) is 1. The third-order valence-electron chi connectivity index (χ3n) is 5.18. The molecule has 0 aromatic rings. The second kappa shape index (κ2) is 10.6. The number of nitrogens with zero attached hydrogens (tertiary/aromatic N) is 1. The van der Waals surface area contributed by atoms with E-state index in [1.165, 1.54) is 58.4 Å². The Balaban J connectivity index is 0.000000561. The van der Waals surface area contributed by atoms with E-state index < -0.39 is 0 Å². The molecule has 1 spiro atoms. The van der Waals surface area contributed by atoms with E-state index >= 15 is 0 Å². The molecule has 2 aliphatic heterocycles. The Morgan fingerprint density at radius 3 is 2.09 bits per heavy atom. The van der Waals surface area contributed by atoms with E-state index in [2.05, 4.69) is 17.1 Å². The molecule has 2 saturated heterocycles. The quantitative estimate of drug-likeness (QED) is 0.832. The van der Waals surface area contributed by atoms with Gasteiger partial charge in [-0.2, -0.15) is 0 Å². The Morgan fingerprint density at radius 1 is 1.05 bits per heavy atom. The lowest BCUT2D eigenvalue weighted by Crippen LogP contribution is -2.53. The summed E-state index contributed by atoms with van der Waals surface area (Å²) in [6.07, 6.45) is 7.26. The monoisotopic (exact) mass is 312 g/mol. The van der Waals surface area contributed by atoms with Crippen LogP contribution in [0.25, 0.3) is 0 Å². The zero-order chi connectivity index (χ0) is 16.4. The van der Waals surface area contributed by atoms with Crippen LogP contribution in [0.5, 0.6) is 0 Å². The van der Waals surface area contributed by atoms with E-state index in [4.69, 9.17) is 4.74 Å². The van der Waals surface area contributed by atoms with Gasteiger partial charge in [-0.15, -0.1) is 0 Å². The largest absolute Gasteiger partial charge is 0.378 e. The van der Waals surface area contributed by atoms with E-state index in [1.54, 1.807) is 0 Å². The Kier molecular flexibility index (Phi) is 9.62. The molecule has 22 heavy (non-hydrogen) atoms. The van der Waals surface area contributed by atoms with E-state index in [0.717, 1.165) is 18.9 Å². The maximum Gasteiger partial charge on any atom is 0.0585 e. The Hall–Kier alpha value is -0.120. The number of ether oxygens (including phenoxy) is 1. The smallest absolute Gasteiger partial charge is 0.0585 e. The maximum absolute atomic E-state index is 5.85. The van der Waals surface area contributed by atoms with Gasteiger partial charge < -0.3 is 15.0 Å². The van der Waals surface area contributed by atoms with Crippen LogP contribution in [0.1, 0.15) is 66.7 Å². The van der Waals surface area contributed by atoms with Gasteiger partial charge in [-0.25, -0.2) is 0 Å². The molecule has 0 aromatic carbocycles. The number of nitrogens with one attached hydrogen (secondary N) is 1. The summed E-state index contributed by atoms with van der Waals surface area (Å²) in [7, 11) is 0. The van der Waals surface area contributed by atoms with Crippen molar-refractivity contribution in [2.24, 2.45) is 11.3 Å². The number of likely N-dealkylation sites (tertiary alicyclic amines) is 1. The highest BCUT2D eigenvalue weighted by Crippen LogP contribution is 2.50. The summed E-state index contributed by atoms with van der Waals surface area (Å²) in [6, 6.07) is 0. The molecule has 1 saturated carbocycles. The van der Waals surface area contributed by atoms with Crippen LogP contribution in [0.3, 0.4) is 0 Å². The Bertz CT molecular complexity index is 263. The first kappa shape index (κ1) is 19.9. The zero-order valence-corrected chi connectivity index (χ0v) is 15.8. The van der Waals surface area contributed by atoms with Crippen molar-refractivity contribution in [1.29, 1.82) is 0 Å². The van der Waals surface area contributed by atoms with E-state index in [1.807, 2.05) is 27.7 Å². The fourth-order valence-corrected chi connectivity index (χ4v) is 3.77. The Morgan fingerprint density at radius 2 is 1.64 bits per heavy atom. The third kappa shape index (κ3) is 5.50. The molecule has 0 radical (unpaired) electrons. The minimum atomic E-state index is 0.590. The molecule has 0 atom stereocenters. The summed E-state index contributed by atoms with van der Waals surface area (Å²) in [6.45, 7) is 17.6. The molecule has 3 rings (SSSR count). The molecule has 0 amide bonds. The number of piperidine rings is 1. The van der Waals surface area contributed by atoms with Gasteiger partial charge >= 0.3 is 0 Å². The fraction of sp³-hybridized carbons (Fsp3) is 1.00. The van der Waals surface area contributed by atoms with Crippen LogP contribution in [0.4, 0.5) is 0 Å². The highest BCUT2D eigenvalue weighted by molar-refractivity contribution is 4.98. The molecule has 1 N–H and O–H groups in total. The molecule has 2 heterocycles. The summed E-state index contributed by atoms with van der Waals surface area (Å²) < 4.78 is 5.85. The van der Waals surface area contributed by atoms with Crippen LogP contribution in [-0.2, 0) is 4.74 Å². The second-order valence-electron chi connectivity index (χ2n) is 6.73. The summed E-state index contributed by atoms with van der Waals surface area (Å²) in [5.41, 5.74) is 0.673. The summed E-state index contributed by atoms with van der Waals surface area (Å²) in [5.74, 6) is 0.932. The normalized spacial score (nSPS) is 24.4. The minimum Gasteiger partial charge on any atom is -0.378 e. The zero-order valence-electron chi connectivity index (χ0n) is 15.8. The van der Waals surface area contributed by atoms with Crippen molar-refractivity contribution in [3.63, 3.8) is 0 Å². The molecule has 3 nitrogen and oxygen atoms in total. The van der Waals surface area contributed by atoms with Crippen molar-refractivity contribution in [2.75, 3.05) is 39.3 Å². The van der Waals surface area contributed by atoms with Crippen molar-refractivity contribution in [3.05, 3.63) is 0 Å². The van der Waals surface area contributed by atoms with Crippen molar-refractivity contribution in [1.82, 2.24) is 10.2 Å². The van der Waals surface area contributed by atoms with Gasteiger partial charge in [-0.05, 0) is 56.5 Å². The lowest BCUT2D eigenvalue weighted by atomic mass is 9.61. The highest BCUT2D eigenvalue weighted by Gasteiger charge is 2.46. The van der Waals surface area contributed by atoms with Crippen LogP contribution in [0, 0.1) is 11.3 Å². The van der Waals surface area contributed by atoms with Crippen LogP contribution >= 0.6 is 0 Å². The SMILES string of the molecule is CC.CC.CCCOC1CC2(CCN(CC3CNC3)CC2)C1. The fourth-order valence-electron chi connectivity index (χ4n) is 3.77. The molecule has 0 unspecified atom stereocenters. The third-order valence-corrected chi connectivity index (χ3v) is 5.18. The predicted molar refractivity (Wildman–Crippen MR) is 96.4 cm³/mol. The molecule has 3 aliphatic rings. The second-order valence-corrected chi connectivity index (χ2v) is 6.73. The number of hydrogen-bond acceptors (Lipinski definition) is 3. The van der Waals surface area contributed by atoms with Crippen LogP contribution in [0.15, 0.2) is 0 Å². The standard InChI is InChI=1S/C15H28N2O.2C2H6/c1-2-7-18-14-8-15(9-14)3-5-17(6-4-15)12-13-10-16-11-13;2*1-2/h13-14,16H,2-12H2,1H3;2*1-2H3. The van der Waals surface area contributed by atoms with Gasteiger partial charge in [-0.3, -0.25) is 0 Å². The van der Waals surface area contributed by atoms with Gasteiger partial charge in [0, 0.05) is 26.2 Å². The predicted octanol–water partition coefficient (Wildman–Crippen LogP) is 3.93. The van der Waals surface area contributed by atoms with Crippen molar-refractivity contribution in [3.8, 4) is 0 Å². The number of rotatable bonds is 5. The minimum absolute atomic E-state index is 0.590. The molecule has 3 heteroatoms. The van der Waals surface area contributed by atoms with E-state index in [0.29, 0.717) is 11.5 Å². The van der Waals surface area contributed by atoms with Gasteiger partial charge in [-0.1, -0.05) is 34.6 Å². The molecule has 0 aromatic heterocycles. The lowest BCUT2D eigenvalue weighted by Gasteiger charge is -2.52. The van der Waals surface area contributed by atoms with Crippen molar-refractivity contribution >= 4 is 0 Å². The van der Waals surface area contributed by atoms with Gasteiger partial charge in [0.05, 0.1) is 6.10 Å². The maximum atomic E-state index is 5.85. The molecular weight excluding hydrogens is 272 g/mol. The van der Waals surface area contributed by atoms with Crippen molar-refractivity contribution in [2.45, 2.75) is 72.8 Å². The van der Waals surface area contributed by atoms with Crippen molar-refractivity contribution < 1.29 is 4.74 Å². The molecule has 3 fully saturated rings. The van der Waals surface area contributed by atoms with E-state index in [9.17, 15) is 0 Å². The Labute approximate surface area is 139 Å². The van der Waals surface area contributed by atoms with Crippen LogP contribution < -0.4 is 5.32 Å². The summed E-state index contributed by atoms with van der Waals surface area (Å²) in [5, 5.41) is 3.37. The van der Waals surface area contributed by atoms with Crippen LogP contribution in [-0.4, -0.2) is 50.3 Å². The van der Waals surface area contributed by atoms with Crippen LogP contribution in [0.2, 0.25) is 0 Å². The molecule has 0 bridgehead atoms. The highest BCUT2D eigenvalue weighted by atomic mass is 16.5. The first-order valence-electron chi connectivity index (χ1n) is 9.84. The van der Waals surface area contributed by atoms with Gasteiger partial charge in [0.15, 0.2) is 0 Å². The summed E-state index contributed by atoms with van der Waals surface area (Å²) >= 11 is 0. The first-order chi connectivity index (χ1) is 10.8. The lowest BCUT2D eigenvalue weighted by molar-refractivity contribution is -0.105. The topological polar surface area (TPSA) is 24.5 Å². The van der Waals surface area contributed by atoms with Gasteiger partial charge in [0.25, 0.3) is 0 Å². The van der Waals surface area contributed by atoms with E-state index in [-0.39, 0.29) is 0 Å². The first-order valence-corrected chi connectivity index (χ1v) is 9.84.